The van der Waals surface area contributed by atoms with E-state index in [2.05, 4.69) is 5.32 Å². The van der Waals surface area contributed by atoms with Crippen LogP contribution in [0.1, 0.15) is 6.92 Å². The van der Waals surface area contributed by atoms with Crippen molar-refractivity contribution in [1.82, 2.24) is 0 Å². The predicted octanol–water partition coefficient (Wildman–Crippen LogP) is 1.80. The van der Waals surface area contributed by atoms with Gasteiger partial charge in [-0.15, -0.1) is 0 Å². The third-order valence-electron chi connectivity index (χ3n) is 2.22. The average Bonchev–Trinajstić information content (AvgIpc) is 2.28. The number of rotatable bonds is 3. The van der Waals surface area contributed by atoms with Gasteiger partial charge in [0.2, 0.25) is 0 Å². The van der Waals surface area contributed by atoms with E-state index < -0.39 is 4.92 Å². The first-order chi connectivity index (χ1) is 7.72. The Morgan fingerprint density at radius 1 is 1.38 bits per heavy atom. The molecule has 0 saturated heterocycles. The summed E-state index contributed by atoms with van der Waals surface area (Å²) >= 11 is 0. The van der Waals surface area contributed by atoms with E-state index >= 15 is 0 Å². The Morgan fingerprint density at radius 2 is 2.00 bits per heavy atom. The normalized spacial score (nSPS) is 13.3. The molecule has 0 atom stereocenters. The quantitative estimate of drug-likeness (QED) is 0.626. The smallest absolute Gasteiger partial charge is 0.296 e. The highest BCUT2D eigenvalue weighted by atomic mass is 16.6. The van der Waals surface area contributed by atoms with Crippen LogP contribution in [-0.2, 0) is 0 Å². The Balaban J connectivity index is 2.45. The molecule has 2 rings (SSSR count). The van der Waals surface area contributed by atoms with E-state index in [0.717, 1.165) is 0 Å². The van der Waals surface area contributed by atoms with Gasteiger partial charge in [0, 0.05) is 12.6 Å². The van der Waals surface area contributed by atoms with Crippen LogP contribution in [-0.4, -0.2) is 24.7 Å². The van der Waals surface area contributed by atoms with Crippen LogP contribution in [0.15, 0.2) is 12.1 Å². The standard InChI is InChI=1S/C10H12N2O4/c1-2-11-7-5-9-10(16-4-3-15-9)6-8(7)12(13)14/h5-6,11H,2-4H2,1H3. The number of nitrogens with zero attached hydrogens (tertiary/aromatic N) is 1. The summed E-state index contributed by atoms with van der Waals surface area (Å²) in [5.74, 6) is 0.979. The van der Waals surface area contributed by atoms with Crippen LogP contribution >= 0.6 is 0 Å². The highest BCUT2D eigenvalue weighted by molar-refractivity contribution is 5.68. The third-order valence-corrected chi connectivity index (χ3v) is 2.22. The number of fused-ring (bicyclic) bond motifs is 1. The van der Waals surface area contributed by atoms with Crippen LogP contribution in [0.25, 0.3) is 0 Å². The molecule has 16 heavy (non-hydrogen) atoms. The van der Waals surface area contributed by atoms with Gasteiger partial charge >= 0.3 is 0 Å². The third kappa shape index (κ3) is 1.86. The molecule has 1 aromatic rings. The molecule has 6 nitrogen and oxygen atoms in total. The van der Waals surface area contributed by atoms with Gasteiger partial charge in [-0.3, -0.25) is 10.1 Å². The van der Waals surface area contributed by atoms with E-state index in [1.165, 1.54) is 6.07 Å². The maximum atomic E-state index is 10.9. The number of nitrogens with one attached hydrogen (secondary N) is 1. The summed E-state index contributed by atoms with van der Waals surface area (Å²) in [5, 5.41) is 13.8. The topological polar surface area (TPSA) is 73.6 Å². The lowest BCUT2D eigenvalue weighted by Gasteiger charge is -2.19. The Hall–Kier alpha value is -1.98. The highest BCUT2D eigenvalue weighted by Gasteiger charge is 2.21. The van der Waals surface area contributed by atoms with Gasteiger partial charge in [-0.25, -0.2) is 0 Å². The average molecular weight is 224 g/mol. The molecule has 1 aliphatic heterocycles. The summed E-state index contributed by atoms with van der Waals surface area (Å²) in [6, 6.07) is 3.00. The number of hydrogen-bond acceptors (Lipinski definition) is 5. The van der Waals surface area contributed by atoms with Crippen molar-refractivity contribution in [3.05, 3.63) is 22.2 Å². The summed E-state index contributed by atoms with van der Waals surface area (Å²) in [6.45, 7) is 3.38. The molecule has 6 heteroatoms. The maximum absolute atomic E-state index is 10.9. The molecule has 1 aromatic carbocycles. The zero-order valence-corrected chi connectivity index (χ0v) is 8.86. The molecular formula is C10H12N2O4. The van der Waals surface area contributed by atoms with Crippen molar-refractivity contribution in [3.63, 3.8) is 0 Å². The number of nitro benzene ring substituents is 1. The van der Waals surface area contributed by atoms with Gasteiger partial charge in [-0.2, -0.15) is 0 Å². The Kier molecular flexibility index (Phi) is 2.80. The first-order valence-corrected chi connectivity index (χ1v) is 5.04. The van der Waals surface area contributed by atoms with Crippen molar-refractivity contribution < 1.29 is 14.4 Å². The van der Waals surface area contributed by atoms with Gasteiger partial charge in [0.05, 0.1) is 11.0 Å². The van der Waals surface area contributed by atoms with Crippen LogP contribution in [0.3, 0.4) is 0 Å². The van der Waals surface area contributed by atoms with Crippen LogP contribution in [0.2, 0.25) is 0 Å². The second-order valence-corrected chi connectivity index (χ2v) is 3.30. The number of nitro groups is 1. The van der Waals surface area contributed by atoms with Crippen LogP contribution in [0, 0.1) is 10.1 Å². The van der Waals surface area contributed by atoms with E-state index in [0.29, 0.717) is 36.9 Å². The lowest BCUT2D eigenvalue weighted by atomic mass is 10.2. The Bertz CT molecular complexity index is 420. The van der Waals surface area contributed by atoms with Crippen molar-refractivity contribution in [2.24, 2.45) is 0 Å². The zero-order chi connectivity index (χ0) is 11.5. The first kappa shape index (κ1) is 10.5. The van der Waals surface area contributed by atoms with Gasteiger partial charge in [-0.1, -0.05) is 0 Å². The van der Waals surface area contributed by atoms with Gasteiger partial charge in [-0.05, 0) is 6.92 Å². The van der Waals surface area contributed by atoms with Crippen molar-refractivity contribution in [2.75, 3.05) is 25.1 Å². The van der Waals surface area contributed by atoms with E-state index in [1.54, 1.807) is 6.07 Å². The molecule has 0 unspecified atom stereocenters. The lowest BCUT2D eigenvalue weighted by molar-refractivity contribution is -0.384. The molecule has 0 aromatic heterocycles. The SMILES string of the molecule is CCNc1cc2c(cc1[N+](=O)[O-])OCCO2. The Labute approximate surface area is 92.3 Å². The van der Waals surface area contributed by atoms with E-state index in [1.807, 2.05) is 6.92 Å². The van der Waals surface area contributed by atoms with Gasteiger partial charge < -0.3 is 14.8 Å². The fourth-order valence-corrected chi connectivity index (χ4v) is 1.56. The minimum atomic E-state index is -0.434. The summed E-state index contributed by atoms with van der Waals surface area (Å²) in [4.78, 5) is 10.4. The lowest BCUT2D eigenvalue weighted by Crippen LogP contribution is -2.16. The van der Waals surface area contributed by atoms with Gasteiger partial charge in [0.25, 0.3) is 5.69 Å². The van der Waals surface area contributed by atoms with Crippen LogP contribution in [0.4, 0.5) is 11.4 Å². The molecule has 0 radical (unpaired) electrons. The second-order valence-electron chi connectivity index (χ2n) is 3.30. The Morgan fingerprint density at radius 3 is 2.56 bits per heavy atom. The molecule has 0 aliphatic carbocycles. The molecule has 0 amide bonds. The minimum Gasteiger partial charge on any atom is -0.486 e. The molecule has 1 aliphatic rings. The van der Waals surface area contributed by atoms with Crippen molar-refractivity contribution in [2.45, 2.75) is 6.92 Å². The number of hydrogen-bond donors (Lipinski definition) is 1. The molecule has 0 saturated carbocycles. The molecule has 0 fully saturated rings. The van der Waals surface area contributed by atoms with Crippen molar-refractivity contribution in [1.29, 1.82) is 0 Å². The fourth-order valence-electron chi connectivity index (χ4n) is 1.56. The summed E-state index contributed by atoms with van der Waals surface area (Å²) in [6.07, 6.45) is 0. The van der Waals surface area contributed by atoms with Crippen molar-refractivity contribution >= 4 is 11.4 Å². The first-order valence-electron chi connectivity index (χ1n) is 5.04. The van der Waals surface area contributed by atoms with Crippen molar-refractivity contribution in [3.8, 4) is 11.5 Å². The summed E-state index contributed by atoms with van der Waals surface area (Å²) in [7, 11) is 0. The second kappa shape index (κ2) is 4.26. The van der Waals surface area contributed by atoms with E-state index in [9.17, 15) is 10.1 Å². The molecule has 0 spiro atoms. The van der Waals surface area contributed by atoms with E-state index in [-0.39, 0.29) is 5.69 Å². The molecule has 1 N–H and O–H groups in total. The predicted molar refractivity (Wildman–Crippen MR) is 58.3 cm³/mol. The summed E-state index contributed by atoms with van der Waals surface area (Å²) in [5.41, 5.74) is 0.461. The van der Waals surface area contributed by atoms with E-state index in [4.69, 9.17) is 9.47 Å². The number of anilines is 1. The molecule has 0 bridgehead atoms. The zero-order valence-electron chi connectivity index (χ0n) is 8.86. The largest absolute Gasteiger partial charge is 0.486 e. The molecular weight excluding hydrogens is 212 g/mol. The minimum absolute atomic E-state index is 0.00565. The van der Waals surface area contributed by atoms with Gasteiger partial charge in [0.1, 0.15) is 18.9 Å². The molecule has 86 valence electrons. The highest BCUT2D eigenvalue weighted by Crippen LogP contribution is 2.39. The summed E-state index contributed by atoms with van der Waals surface area (Å²) < 4.78 is 10.6. The van der Waals surface area contributed by atoms with Crippen LogP contribution < -0.4 is 14.8 Å². The monoisotopic (exact) mass is 224 g/mol. The maximum Gasteiger partial charge on any atom is 0.296 e. The number of ether oxygens (including phenoxy) is 2. The van der Waals surface area contributed by atoms with Gasteiger partial charge in [0.15, 0.2) is 11.5 Å². The van der Waals surface area contributed by atoms with Crippen LogP contribution in [0.5, 0.6) is 11.5 Å². The fraction of sp³-hybridized carbons (Fsp3) is 0.400. The molecule has 1 heterocycles. The number of benzene rings is 1.